The number of hydrogen-bond acceptors (Lipinski definition) is 8. The number of nitrogens with one attached hydrogen (secondary N) is 2. The van der Waals surface area contributed by atoms with Crippen LogP contribution in [0.25, 0.3) is 0 Å². The number of rotatable bonds is 9. The third kappa shape index (κ3) is 5.76. The summed E-state index contributed by atoms with van der Waals surface area (Å²) < 4.78 is 6.81. The lowest BCUT2D eigenvalue weighted by Gasteiger charge is -2.38. The summed E-state index contributed by atoms with van der Waals surface area (Å²) in [6, 6.07) is 16.4. The van der Waals surface area contributed by atoms with Gasteiger partial charge < -0.3 is 35.1 Å². The minimum absolute atomic E-state index is 0.0867. The van der Waals surface area contributed by atoms with Crippen molar-refractivity contribution in [1.82, 2.24) is 14.9 Å². The number of piperazine rings is 1. The average Bonchev–Trinajstić information content (AvgIpc) is 3.64. The Balaban J connectivity index is 1.19. The van der Waals surface area contributed by atoms with Crippen molar-refractivity contribution >= 4 is 28.9 Å². The number of aromatic hydroxyl groups is 2. The second kappa shape index (κ2) is 11.5. The van der Waals surface area contributed by atoms with Crippen LogP contribution in [0.15, 0.2) is 65.3 Å². The highest BCUT2D eigenvalue weighted by atomic mass is 16.3. The number of para-hydroxylation sites is 1. The van der Waals surface area contributed by atoms with E-state index in [0.29, 0.717) is 17.1 Å². The fourth-order valence-electron chi connectivity index (χ4n) is 5.31. The Kier molecular flexibility index (Phi) is 7.47. The van der Waals surface area contributed by atoms with Crippen LogP contribution in [-0.4, -0.2) is 64.3 Å². The zero-order valence-corrected chi connectivity index (χ0v) is 23.4. The van der Waals surface area contributed by atoms with Crippen LogP contribution in [0, 0.1) is 6.92 Å². The highest BCUT2D eigenvalue weighted by Gasteiger charge is 2.30. The molecule has 1 aliphatic carbocycles. The molecule has 42 heavy (non-hydrogen) atoms. The SMILES string of the molecule is Cc1ccccc1N1CCN(c2ccc(C(=O)NCCn3c(O)ccc3O)cc2NC(=O)c2coc(C3CC3)n2)CC1. The first-order chi connectivity index (χ1) is 20.4. The summed E-state index contributed by atoms with van der Waals surface area (Å²) in [4.78, 5) is 35.2. The monoisotopic (exact) mass is 570 g/mol. The smallest absolute Gasteiger partial charge is 0.277 e. The summed E-state index contributed by atoms with van der Waals surface area (Å²) >= 11 is 0. The van der Waals surface area contributed by atoms with Gasteiger partial charge in [0.1, 0.15) is 6.26 Å². The van der Waals surface area contributed by atoms with Crippen molar-refractivity contribution in [2.24, 2.45) is 0 Å². The van der Waals surface area contributed by atoms with Gasteiger partial charge in [-0.25, -0.2) is 4.98 Å². The second-order valence-electron chi connectivity index (χ2n) is 10.7. The molecule has 1 aliphatic heterocycles. The predicted octanol–water partition coefficient (Wildman–Crippen LogP) is 4.08. The quantitative estimate of drug-likeness (QED) is 0.236. The summed E-state index contributed by atoms with van der Waals surface area (Å²) in [5.74, 6) is -0.0474. The first-order valence-corrected chi connectivity index (χ1v) is 14.2. The minimum Gasteiger partial charge on any atom is -0.494 e. The molecule has 2 fully saturated rings. The van der Waals surface area contributed by atoms with E-state index in [1.165, 1.54) is 34.2 Å². The molecule has 11 heteroatoms. The van der Waals surface area contributed by atoms with Crippen LogP contribution in [0.5, 0.6) is 11.8 Å². The Morgan fingerprint density at radius 1 is 0.929 bits per heavy atom. The fraction of sp³-hybridized carbons (Fsp3) is 0.323. The van der Waals surface area contributed by atoms with E-state index in [1.807, 2.05) is 12.1 Å². The van der Waals surface area contributed by atoms with Crippen LogP contribution < -0.4 is 20.4 Å². The molecular weight excluding hydrogens is 536 g/mol. The molecule has 1 saturated carbocycles. The van der Waals surface area contributed by atoms with Gasteiger partial charge in [0.05, 0.1) is 11.4 Å². The number of amides is 2. The molecule has 11 nitrogen and oxygen atoms in total. The van der Waals surface area contributed by atoms with Gasteiger partial charge in [-0.1, -0.05) is 18.2 Å². The summed E-state index contributed by atoms with van der Waals surface area (Å²) in [6.07, 6.45) is 3.41. The Morgan fingerprint density at radius 2 is 1.62 bits per heavy atom. The van der Waals surface area contributed by atoms with E-state index in [-0.39, 0.29) is 42.4 Å². The first-order valence-electron chi connectivity index (χ1n) is 14.2. The van der Waals surface area contributed by atoms with Crippen molar-refractivity contribution in [3.05, 3.63) is 83.6 Å². The number of aryl methyl sites for hydroxylation is 1. The molecule has 2 amide bonds. The molecule has 0 atom stereocenters. The molecular formula is C31H34N6O5. The van der Waals surface area contributed by atoms with Gasteiger partial charge in [-0.15, -0.1) is 0 Å². The largest absolute Gasteiger partial charge is 0.494 e. The van der Waals surface area contributed by atoms with Crippen molar-refractivity contribution in [2.45, 2.75) is 32.2 Å². The predicted molar refractivity (Wildman–Crippen MR) is 159 cm³/mol. The number of carbonyl (C=O) groups excluding carboxylic acids is 2. The van der Waals surface area contributed by atoms with E-state index in [9.17, 15) is 19.8 Å². The van der Waals surface area contributed by atoms with Gasteiger partial charge in [0.2, 0.25) is 0 Å². The highest BCUT2D eigenvalue weighted by molar-refractivity contribution is 6.06. The summed E-state index contributed by atoms with van der Waals surface area (Å²) in [5.41, 5.74) is 4.35. The molecule has 0 bridgehead atoms. The van der Waals surface area contributed by atoms with E-state index < -0.39 is 5.91 Å². The van der Waals surface area contributed by atoms with Gasteiger partial charge in [0, 0.05) is 68.6 Å². The van der Waals surface area contributed by atoms with Gasteiger partial charge >= 0.3 is 0 Å². The Bertz CT molecular complexity index is 1580. The van der Waals surface area contributed by atoms with E-state index in [4.69, 9.17) is 4.42 Å². The molecule has 2 aromatic carbocycles. The van der Waals surface area contributed by atoms with Crippen molar-refractivity contribution in [3.8, 4) is 11.8 Å². The Morgan fingerprint density at radius 3 is 2.31 bits per heavy atom. The number of carbonyl (C=O) groups is 2. The number of aromatic nitrogens is 2. The van der Waals surface area contributed by atoms with Crippen LogP contribution in [0.4, 0.5) is 17.1 Å². The molecule has 0 spiro atoms. The maximum atomic E-state index is 13.2. The zero-order chi connectivity index (χ0) is 29.2. The maximum Gasteiger partial charge on any atom is 0.277 e. The highest BCUT2D eigenvalue weighted by Crippen LogP contribution is 2.39. The van der Waals surface area contributed by atoms with E-state index in [0.717, 1.165) is 44.7 Å². The summed E-state index contributed by atoms with van der Waals surface area (Å²) in [7, 11) is 0. The number of benzene rings is 2. The fourth-order valence-corrected chi connectivity index (χ4v) is 5.31. The molecule has 3 heterocycles. The van der Waals surface area contributed by atoms with Crippen LogP contribution >= 0.6 is 0 Å². The first kappa shape index (κ1) is 27.3. The van der Waals surface area contributed by atoms with Crippen molar-refractivity contribution in [1.29, 1.82) is 0 Å². The molecule has 2 aromatic heterocycles. The number of anilines is 3. The van der Waals surface area contributed by atoms with Crippen molar-refractivity contribution in [2.75, 3.05) is 47.8 Å². The van der Waals surface area contributed by atoms with Gasteiger partial charge in [-0.3, -0.25) is 14.2 Å². The van der Waals surface area contributed by atoms with Crippen LogP contribution in [0.1, 0.15) is 51.1 Å². The molecule has 1 saturated heterocycles. The van der Waals surface area contributed by atoms with Gasteiger partial charge in [0.15, 0.2) is 23.3 Å². The lowest BCUT2D eigenvalue weighted by atomic mass is 10.1. The third-order valence-electron chi connectivity index (χ3n) is 7.82. The molecule has 4 N–H and O–H groups in total. The molecule has 0 unspecified atom stereocenters. The van der Waals surface area contributed by atoms with Gasteiger partial charge in [0.25, 0.3) is 11.8 Å². The Labute approximate surface area is 243 Å². The van der Waals surface area contributed by atoms with Gasteiger partial charge in [-0.2, -0.15) is 0 Å². The van der Waals surface area contributed by atoms with Crippen LogP contribution in [-0.2, 0) is 6.54 Å². The zero-order valence-electron chi connectivity index (χ0n) is 23.4. The molecule has 218 valence electrons. The minimum atomic E-state index is -0.401. The number of nitrogens with zero attached hydrogens (tertiary/aromatic N) is 4. The molecule has 6 rings (SSSR count). The summed E-state index contributed by atoms with van der Waals surface area (Å²) in [5, 5.41) is 25.5. The Hall–Kier alpha value is -4.93. The molecule has 2 aliphatic rings. The van der Waals surface area contributed by atoms with Crippen molar-refractivity contribution < 1.29 is 24.2 Å². The average molecular weight is 571 g/mol. The maximum absolute atomic E-state index is 13.2. The van der Waals surface area contributed by atoms with E-state index >= 15 is 0 Å². The van der Waals surface area contributed by atoms with Crippen LogP contribution in [0.3, 0.4) is 0 Å². The second-order valence-corrected chi connectivity index (χ2v) is 10.7. The molecule has 4 aromatic rings. The van der Waals surface area contributed by atoms with Crippen LogP contribution in [0.2, 0.25) is 0 Å². The third-order valence-corrected chi connectivity index (χ3v) is 7.82. The topological polar surface area (TPSA) is 136 Å². The summed E-state index contributed by atoms with van der Waals surface area (Å²) in [6.45, 7) is 5.59. The van der Waals surface area contributed by atoms with E-state index in [1.54, 1.807) is 12.1 Å². The standard InChI is InChI=1S/C31H34N6O5/c1-20-4-2-3-5-25(20)35-14-16-36(17-15-35)26-9-8-22(29(40)32-12-13-37-27(38)10-11-28(37)39)18-23(26)33-30(41)24-19-42-31(34-24)21-6-7-21/h2-5,8-11,18-19,21,38-39H,6-7,12-17H2,1H3,(H,32,40)(H,33,41). The van der Waals surface area contributed by atoms with Gasteiger partial charge in [-0.05, 0) is 49.6 Å². The van der Waals surface area contributed by atoms with Crippen molar-refractivity contribution in [3.63, 3.8) is 0 Å². The lowest BCUT2D eigenvalue weighted by Crippen LogP contribution is -2.47. The molecule has 0 radical (unpaired) electrons. The normalized spacial score (nSPS) is 15.1. The number of hydrogen-bond donors (Lipinski definition) is 4. The lowest BCUT2D eigenvalue weighted by molar-refractivity contribution is 0.0950. The van der Waals surface area contributed by atoms with E-state index in [2.05, 4.69) is 50.5 Å². The number of oxazole rings is 1.